The van der Waals surface area contributed by atoms with Crippen LogP contribution >= 0.6 is 0 Å². The number of halogens is 2. The number of aliphatic hydroxyl groups excluding tert-OH is 1. The fraction of sp³-hybridized carbons (Fsp3) is 0.294. The Morgan fingerprint density at radius 1 is 1.00 bits per heavy atom. The summed E-state index contributed by atoms with van der Waals surface area (Å²) in [5.41, 5.74) is 1.63. The minimum Gasteiger partial charge on any atom is -0.391 e. The van der Waals surface area contributed by atoms with Gasteiger partial charge < -0.3 is 15.0 Å². The topological polar surface area (TPSA) is 37.2 Å². The van der Waals surface area contributed by atoms with E-state index in [4.69, 9.17) is 0 Å². The van der Waals surface area contributed by atoms with Crippen LogP contribution in [0.2, 0.25) is 0 Å². The third kappa shape index (κ3) is 2.01. The van der Waals surface area contributed by atoms with Crippen LogP contribution < -0.4 is 5.32 Å². The molecular weight excluding hydrogens is 286 g/mol. The van der Waals surface area contributed by atoms with Gasteiger partial charge in [-0.15, -0.1) is 0 Å². The fourth-order valence-corrected chi connectivity index (χ4v) is 3.45. The van der Waals surface area contributed by atoms with Crippen LogP contribution in [0.25, 0.3) is 21.8 Å². The molecule has 2 unspecified atom stereocenters. The summed E-state index contributed by atoms with van der Waals surface area (Å²) in [5, 5.41) is 15.0. The number of nitrogens with zero attached hydrogens (tertiary/aromatic N) is 1. The Balaban J connectivity index is 2.06. The van der Waals surface area contributed by atoms with Crippen LogP contribution in [-0.2, 0) is 0 Å². The molecule has 3 nitrogen and oxygen atoms in total. The summed E-state index contributed by atoms with van der Waals surface area (Å²) in [7, 11) is 0. The molecule has 0 bridgehead atoms. The molecule has 1 aliphatic heterocycles. The molecule has 0 spiro atoms. The predicted octanol–water partition coefficient (Wildman–Crippen LogP) is 2.97. The van der Waals surface area contributed by atoms with Gasteiger partial charge >= 0.3 is 0 Å². The van der Waals surface area contributed by atoms with Gasteiger partial charge in [-0.1, -0.05) is 0 Å². The highest BCUT2D eigenvalue weighted by molar-refractivity contribution is 6.08. The van der Waals surface area contributed by atoms with Gasteiger partial charge in [0.2, 0.25) is 0 Å². The van der Waals surface area contributed by atoms with Crippen LogP contribution in [0.5, 0.6) is 0 Å². The third-order valence-corrected chi connectivity index (χ3v) is 4.47. The Hall–Kier alpha value is -1.98. The Morgan fingerprint density at radius 2 is 1.59 bits per heavy atom. The van der Waals surface area contributed by atoms with Crippen molar-refractivity contribution in [1.82, 2.24) is 9.88 Å². The Labute approximate surface area is 126 Å². The number of piperidine rings is 1. The van der Waals surface area contributed by atoms with Crippen molar-refractivity contribution >= 4 is 21.8 Å². The molecule has 2 N–H and O–H groups in total. The van der Waals surface area contributed by atoms with E-state index in [1.54, 1.807) is 12.1 Å². The molecule has 22 heavy (non-hydrogen) atoms. The average Bonchev–Trinajstić information content (AvgIpc) is 2.81. The molecule has 2 atom stereocenters. The molecule has 2 aromatic carbocycles. The number of rotatable bonds is 1. The van der Waals surface area contributed by atoms with E-state index in [-0.39, 0.29) is 17.7 Å². The monoisotopic (exact) mass is 302 g/mol. The number of hydrogen-bond donors (Lipinski definition) is 2. The number of fused-ring (bicyclic) bond motifs is 3. The second-order valence-corrected chi connectivity index (χ2v) is 5.82. The lowest BCUT2D eigenvalue weighted by Crippen LogP contribution is -2.41. The number of hydrogen-bond acceptors (Lipinski definition) is 2. The lowest BCUT2D eigenvalue weighted by molar-refractivity contribution is 0.0881. The Kier molecular flexibility index (Phi) is 3.13. The maximum Gasteiger partial charge on any atom is 0.123 e. The van der Waals surface area contributed by atoms with Crippen molar-refractivity contribution < 1.29 is 13.9 Å². The number of nitrogens with one attached hydrogen (secondary N) is 1. The fourth-order valence-electron chi connectivity index (χ4n) is 3.45. The number of benzene rings is 2. The third-order valence-electron chi connectivity index (χ3n) is 4.47. The van der Waals surface area contributed by atoms with Gasteiger partial charge in [0.25, 0.3) is 0 Å². The van der Waals surface area contributed by atoms with Crippen molar-refractivity contribution in [3.63, 3.8) is 0 Å². The highest BCUT2D eigenvalue weighted by atomic mass is 19.1. The van der Waals surface area contributed by atoms with Crippen LogP contribution in [0.15, 0.2) is 36.4 Å². The van der Waals surface area contributed by atoms with E-state index in [1.807, 2.05) is 4.57 Å². The highest BCUT2D eigenvalue weighted by Crippen LogP contribution is 2.34. The molecule has 0 aliphatic carbocycles. The van der Waals surface area contributed by atoms with Crippen LogP contribution in [0, 0.1) is 11.6 Å². The zero-order valence-corrected chi connectivity index (χ0v) is 11.9. The Bertz CT molecular complexity index is 799. The number of aromatic nitrogens is 1. The van der Waals surface area contributed by atoms with Crippen LogP contribution in [-0.4, -0.2) is 28.9 Å². The lowest BCUT2D eigenvalue weighted by atomic mass is 10.0. The summed E-state index contributed by atoms with van der Waals surface area (Å²) in [6, 6.07) is 8.90. The summed E-state index contributed by atoms with van der Waals surface area (Å²) in [6.45, 7) is 1.41. The molecular formula is C17H16F2N2O. The van der Waals surface area contributed by atoms with E-state index in [1.165, 1.54) is 24.3 Å². The maximum atomic E-state index is 13.6. The van der Waals surface area contributed by atoms with Crippen molar-refractivity contribution in [3.8, 4) is 0 Å². The van der Waals surface area contributed by atoms with E-state index in [2.05, 4.69) is 5.32 Å². The first-order valence-corrected chi connectivity index (χ1v) is 7.42. The molecule has 5 heteroatoms. The second kappa shape index (κ2) is 5.04. The molecule has 3 aromatic rings. The summed E-state index contributed by atoms with van der Waals surface area (Å²) in [6.07, 6.45) is 0.184. The molecule has 0 saturated carbocycles. The molecule has 1 fully saturated rings. The predicted molar refractivity (Wildman–Crippen MR) is 81.9 cm³/mol. The van der Waals surface area contributed by atoms with E-state index < -0.39 is 6.10 Å². The largest absolute Gasteiger partial charge is 0.391 e. The van der Waals surface area contributed by atoms with Gasteiger partial charge in [0.15, 0.2) is 0 Å². The van der Waals surface area contributed by atoms with Crippen LogP contribution in [0.1, 0.15) is 12.5 Å². The van der Waals surface area contributed by atoms with Gasteiger partial charge in [0.05, 0.1) is 12.1 Å². The molecule has 1 aromatic heterocycles. The molecule has 2 heterocycles. The van der Waals surface area contributed by atoms with Crippen molar-refractivity contribution in [1.29, 1.82) is 0 Å². The van der Waals surface area contributed by atoms with Gasteiger partial charge in [-0.25, -0.2) is 8.78 Å². The van der Waals surface area contributed by atoms with E-state index in [0.717, 1.165) is 17.6 Å². The minimum absolute atomic E-state index is 0.148. The van der Waals surface area contributed by atoms with Crippen molar-refractivity contribution in [2.24, 2.45) is 0 Å². The van der Waals surface area contributed by atoms with Gasteiger partial charge in [-0.2, -0.15) is 0 Å². The minimum atomic E-state index is -0.477. The molecule has 4 rings (SSSR count). The first kappa shape index (κ1) is 13.7. The van der Waals surface area contributed by atoms with E-state index >= 15 is 0 Å². The van der Waals surface area contributed by atoms with Gasteiger partial charge in [-0.05, 0) is 49.4 Å². The van der Waals surface area contributed by atoms with E-state index in [0.29, 0.717) is 23.7 Å². The first-order valence-electron chi connectivity index (χ1n) is 7.42. The SMILES string of the molecule is OC1CCNCC1n1c2ccc(F)cc2c2cc(F)ccc21. The van der Waals surface area contributed by atoms with Gasteiger partial charge in [0, 0.05) is 28.4 Å². The summed E-state index contributed by atoms with van der Waals surface area (Å²) in [4.78, 5) is 0. The van der Waals surface area contributed by atoms with Crippen molar-refractivity contribution in [3.05, 3.63) is 48.0 Å². The smallest absolute Gasteiger partial charge is 0.123 e. The normalized spacial score (nSPS) is 22.5. The molecule has 1 aliphatic rings. The zero-order chi connectivity index (χ0) is 15.3. The average molecular weight is 302 g/mol. The second-order valence-electron chi connectivity index (χ2n) is 5.82. The zero-order valence-electron chi connectivity index (χ0n) is 11.9. The maximum absolute atomic E-state index is 13.6. The number of aliphatic hydroxyl groups is 1. The summed E-state index contributed by atoms with van der Waals surface area (Å²) < 4.78 is 29.3. The highest BCUT2D eigenvalue weighted by Gasteiger charge is 2.27. The van der Waals surface area contributed by atoms with E-state index in [9.17, 15) is 13.9 Å². The van der Waals surface area contributed by atoms with Crippen LogP contribution in [0.4, 0.5) is 8.78 Å². The summed E-state index contributed by atoms with van der Waals surface area (Å²) >= 11 is 0. The first-order chi connectivity index (χ1) is 10.6. The molecule has 0 radical (unpaired) electrons. The molecule has 114 valence electrons. The Morgan fingerprint density at radius 3 is 2.14 bits per heavy atom. The van der Waals surface area contributed by atoms with Crippen molar-refractivity contribution in [2.45, 2.75) is 18.6 Å². The van der Waals surface area contributed by atoms with Gasteiger partial charge in [-0.3, -0.25) is 0 Å². The summed E-state index contributed by atoms with van der Waals surface area (Å²) in [5.74, 6) is -0.698. The molecule has 1 saturated heterocycles. The van der Waals surface area contributed by atoms with Crippen LogP contribution in [0.3, 0.4) is 0 Å². The molecule has 0 amide bonds. The van der Waals surface area contributed by atoms with Gasteiger partial charge in [0.1, 0.15) is 11.6 Å². The van der Waals surface area contributed by atoms with Crippen molar-refractivity contribution in [2.75, 3.05) is 13.1 Å². The quantitative estimate of drug-likeness (QED) is 0.725. The lowest BCUT2D eigenvalue weighted by Gasteiger charge is -2.31. The standard InChI is InChI=1S/C17H16F2N2O/c18-10-1-3-14-12(7-10)13-8-11(19)2-4-15(13)21(14)16-9-20-6-5-17(16)22/h1-4,7-8,16-17,20,22H,5-6,9H2.